The zero-order valence-electron chi connectivity index (χ0n) is 8.47. The molecule has 2 aliphatic carbocycles. The lowest BCUT2D eigenvalue weighted by atomic mass is 9.93. The van der Waals surface area contributed by atoms with E-state index in [2.05, 4.69) is 19.1 Å². The van der Waals surface area contributed by atoms with Crippen LogP contribution in [0.5, 0.6) is 0 Å². The highest BCUT2D eigenvalue weighted by Gasteiger charge is 2.35. The molecule has 0 spiro atoms. The van der Waals surface area contributed by atoms with E-state index in [0.29, 0.717) is 0 Å². The van der Waals surface area contributed by atoms with E-state index in [1.165, 1.54) is 12.8 Å². The smallest absolute Gasteiger partial charge is 0.150 e. The predicted molar refractivity (Wildman–Crippen MR) is 66.3 cm³/mol. The standard InChI is InChI=1S/C11H16Cl2Si/c1-2-8-5-11-7-10(8)6-9(11)3-4-14(12)13/h2,6,10-11,14H,3-5,7H2,1H3. The van der Waals surface area contributed by atoms with Crippen molar-refractivity contribution < 1.29 is 0 Å². The van der Waals surface area contributed by atoms with Crippen LogP contribution in [0.15, 0.2) is 23.3 Å². The average molecular weight is 247 g/mol. The SMILES string of the molecule is CC=C1CC2CC1C=C2CC[SiH](Cl)Cl. The number of fused-ring (bicyclic) bond motifs is 2. The summed E-state index contributed by atoms with van der Waals surface area (Å²) in [6, 6.07) is 1.04. The van der Waals surface area contributed by atoms with Crippen LogP contribution in [-0.4, -0.2) is 7.42 Å². The van der Waals surface area contributed by atoms with Crippen LogP contribution in [0.1, 0.15) is 26.2 Å². The molecule has 0 saturated heterocycles. The maximum atomic E-state index is 5.88. The zero-order valence-corrected chi connectivity index (χ0v) is 11.1. The fourth-order valence-corrected chi connectivity index (χ4v) is 3.93. The van der Waals surface area contributed by atoms with Crippen LogP contribution in [0.4, 0.5) is 0 Å². The van der Waals surface area contributed by atoms with Gasteiger partial charge >= 0.3 is 0 Å². The first-order valence-corrected chi connectivity index (χ1v) is 9.65. The van der Waals surface area contributed by atoms with Crippen molar-refractivity contribution in [2.24, 2.45) is 11.8 Å². The van der Waals surface area contributed by atoms with E-state index in [-0.39, 0.29) is 0 Å². The van der Waals surface area contributed by atoms with Crippen molar-refractivity contribution in [2.75, 3.05) is 0 Å². The molecule has 14 heavy (non-hydrogen) atoms. The van der Waals surface area contributed by atoms with Gasteiger partial charge in [0.25, 0.3) is 0 Å². The highest BCUT2D eigenvalue weighted by atomic mass is 35.7. The molecule has 0 aromatic rings. The number of halogens is 2. The fourth-order valence-electron chi connectivity index (χ4n) is 2.72. The third-order valence-corrected chi connectivity index (χ3v) is 5.49. The second-order valence-electron chi connectivity index (χ2n) is 4.28. The molecule has 2 unspecified atom stereocenters. The third kappa shape index (κ3) is 2.10. The second-order valence-corrected chi connectivity index (χ2v) is 9.47. The molecule has 2 atom stereocenters. The summed E-state index contributed by atoms with van der Waals surface area (Å²) in [6.07, 6.45) is 8.56. The van der Waals surface area contributed by atoms with Crippen molar-refractivity contribution in [1.82, 2.24) is 0 Å². The quantitative estimate of drug-likeness (QED) is 0.402. The maximum Gasteiger partial charge on any atom is 0.237 e. The van der Waals surface area contributed by atoms with E-state index in [1.54, 1.807) is 11.1 Å². The Balaban J connectivity index is 1.95. The minimum Gasteiger partial charge on any atom is -0.150 e. The lowest BCUT2D eigenvalue weighted by molar-refractivity contribution is 0.644. The fraction of sp³-hybridized carbons (Fsp3) is 0.636. The van der Waals surface area contributed by atoms with Crippen molar-refractivity contribution >= 4 is 29.6 Å². The Morgan fingerprint density at radius 2 is 2.36 bits per heavy atom. The summed E-state index contributed by atoms with van der Waals surface area (Å²) in [5, 5.41) is 0. The number of hydrogen-bond donors (Lipinski definition) is 0. The minimum atomic E-state index is -1.38. The summed E-state index contributed by atoms with van der Waals surface area (Å²) < 4.78 is 0. The molecular formula is C11H16Cl2Si. The largest absolute Gasteiger partial charge is 0.237 e. The molecule has 0 radical (unpaired) electrons. The van der Waals surface area contributed by atoms with Gasteiger partial charge in [0, 0.05) is 0 Å². The molecule has 0 aromatic carbocycles. The molecule has 3 heteroatoms. The molecule has 0 nitrogen and oxygen atoms in total. The molecular weight excluding hydrogens is 231 g/mol. The van der Waals surface area contributed by atoms with Crippen molar-refractivity contribution in [3.63, 3.8) is 0 Å². The van der Waals surface area contributed by atoms with Gasteiger partial charge in [-0.25, -0.2) is 0 Å². The van der Waals surface area contributed by atoms with Gasteiger partial charge in [-0.3, -0.25) is 0 Å². The first-order chi connectivity index (χ1) is 6.70. The Morgan fingerprint density at radius 1 is 1.57 bits per heavy atom. The molecule has 0 amide bonds. The summed E-state index contributed by atoms with van der Waals surface area (Å²) in [7, 11) is -1.38. The molecule has 2 rings (SSSR count). The lowest BCUT2D eigenvalue weighted by Gasteiger charge is -2.15. The monoisotopic (exact) mass is 246 g/mol. The van der Waals surface area contributed by atoms with Crippen LogP contribution < -0.4 is 0 Å². The van der Waals surface area contributed by atoms with Crippen molar-refractivity contribution in [1.29, 1.82) is 0 Å². The van der Waals surface area contributed by atoms with Crippen LogP contribution in [-0.2, 0) is 0 Å². The Bertz CT molecular complexity index is 281. The Hall–Kier alpha value is 0.277. The number of hydrogen-bond acceptors (Lipinski definition) is 0. The van der Waals surface area contributed by atoms with Crippen molar-refractivity contribution in [2.45, 2.75) is 32.2 Å². The highest BCUT2D eigenvalue weighted by Crippen LogP contribution is 2.48. The summed E-state index contributed by atoms with van der Waals surface area (Å²) in [5.41, 5.74) is 3.28. The maximum absolute atomic E-state index is 5.88. The zero-order chi connectivity index (χ0) is 10.1. The van der Waals surface area contributed by atoms with E-state index >= 15 is 0 Å². The van der Waals surface area contributed by atoms with Gasteiger partial charge in [-0.05, 0) is 44.1 Å². The van der Waals surface area contributed by atoms with Crippen molar-refractivity contribution in [3.05, 3.63) is 23.3 Å². The molecule has 0 aliphatic heterocycles. The van der Waals surface area contributed by atoms with Crippen LogP contribution in [0, 0.1) is 11.8 Å². The molecule has 0 aromatic heterocycles. The van der Waals surface area contributed by atoms with E-state index in [4.69, 9.17) is 22.2 Å². The topological polar surface area (TPSA) is 0 Å². The van der Waals surface area contributed by atoms with Crippen LogP contribution >= 0.6 is 22.2 Å². The van der Waals surface area contributed by atoms with E-state index < -0.39 is 7.42 Å². The number of rotatable bonds is 3. The summed E-state index contributed by atoms with van der Waals surface area (Å²) >= 11 is 11.8. The van der Waals surface area contributed by atoms with E-state index in [0.717, 1.165) is 24.3 Å². The van der Waals surface area contributed by atoms with Gasteiger partial charge in [-0.2, -0.15) is 22.2 Å². The van der Waals surface area contributed by atoms with Gasteiger partial charge in [0.2, 0.25) is 7.42 Å². The van der Waals surface area contributed by atoms with Crippen molar-refractivity contribution in [3.8, 4) is 0 Å². The number of allylic oxidation sites excluding steroid dienone is 4. The average Bonchev–Trinajstić information content (AvgIpc) is 2.72. The predicted octanol–water partition coefficient (Wildman–Crippen LogP) is 3.99. The Kier molecular flexibility index (Phi) is 3.40. The summed E-state index contributed by atoms with van der Waals surface area (Å²) in [5.74, 6) is 1.58. The highest BCUT2D eigenvalue weighted by molar-refractivity contribution is 7.33. The molecule has 2 aliphatic rings. The molecule has 0 heterocycles. The normalized spacial score (nSPS) is 33.1. The van der Waals surface area contributed by atoms with E-state index in [1.807, 2.05) is 0 Å². The van der Waals surface area contributed by atoms with Crippen LogP contribution in [0.3, 0.4) is 0 Å². The third-order valence-electron chi connectivity index (χ3n) is 3.46. The summed E-state index contributed by atoms with van der Waals surface area (Å²) in [6.45, 7) is 2.16. The first kappa shape index (κ1) is 10.8. The van der Waals surface area contributed by atoms with Gasteiger partial charge in [0.1, 0.15) is 0 Å². The van der Waals surface area contributed by atoms with Crippen LogP contribution in [0.25, 0.3) is 0 Å². The van der Waals surface area contributed by atoms with Crippen LogP contribution in [0.2, 0.25) is 6.04 Å². The molecule has 2 bridgehead atoms. The minimum absolute atomic E-state index is 0.755. The van der Waals surface area contributed by atoms with Gasteiger partial charge in [-0.15, -0.1) is 0 Å². The first-order valence-electron chi connectivity index (χ1n) is 5.34. The Morgan fingerprint density at radius 3 is 2.86 bits per heavy atom. The van der Waals surface area contributed by atoms with E-state index in [9.17, 15) is 0 Å². The lowest BCUT2D eigenvalue weighted by Crippen LogP contribution is -2.02. The molecule has 78 valence electrons. The van der Waals surface area contributed by atoms with Gasteiger partial charge in [-0.1, -0.05) is 23.3 Å². The van der Waals surface area contributed by atoms with Gasteiger partial charge in [0.15, 0.2) is 0 Å². The Labute approximate surface area is 97.0 Å². The molecule has 0 N–H and O–H groups in total. The van der Waals surface area contributed by atoms with Gasteiger partial charge < -0.3 is 0 Å². The molecule has 1 fully saturated rings. The van der Waals surface area contributed by atoms with Gasteiger partial charge in [0.05, 0.1) is 0 Å². The second kappa shape index (κ2) is 4.42. The molecule has 1 saturated carbocycles. The summed E-state index contributed by atoms with van der Waals surface area (Å²) in [4.78, 5) is 0.